The van der Waals surface area contributed by atoms with Gasteiger partial charge in [0.25, 0.3) is 0 Å². The molecule has 0 unspecified atom stereocenters. The highest BCUT2D eigenvalue weighted by atomic mass is 16.5. The highest BCUT2D eigenvalue weighted by molar-refractivity contribution is 5.33. The van der Waals surface area contributed by atoms with Gasteiger partial charge in [-0.25, -0.2) is 4.68 Å². The fourth-order valence-corrected chi connectivity index (χ4v) is 2.47. The molecule has 0 saturated heterocycles. The van der Waals surface area contributed by atoms with Crippen LogP contribution in [0.3, 0.4) is 0 Å². The van der Waals surface area contributed by atoms with Crippen LogP contribution in [0.5, 0.6) is 5.75 Å². The number of rotatable bonds is 6. The summed E-state index contributed by atoms with van der Waals surface area (Å²) in [6, 6.07) is 18.4. The molecule has 0 spiro atoms. The summed E-state index contributed by atoms with van der Waals surface area (Å²) in [5.41, 5.74) is 3.42. The summed E-state index contributed by atoms with van der Waals surface area (Å²) >= 11 is 0. The third kappa shape index (κ3) is 3.52. The van der Waals surface area contributed by atoms with Crippen molar-refractivity contribution in [2.75, 3.05) is 7.11 Å². The van der Waals surface area contributed by atoms with E-state index < -0.39 is 0 Å². The fourth-order valence-electron chi connectivity index (χ4n) is 2.47. The van der Waals surface area contributed by atoms with Crippen LogP contribution in [-0.2, 0) is 19.4 Å². The molecule has 0 aliphatic rings. The summed E-state index contributed by atoms with van der Waals surface area (Å²) in [5, 5.41) is 8.46. The smallest absolute Gasteiger partial charge is 0.122 e. The third-order valence-electron chi connectivity index (χ3n) is 3.62. The first-order chi connectivity index (χ1) is 10.8. The Labute approximate surface area is 130 Å². The van der Waals surface area contributed by atoms with E-state index in [2.05, 4.69) is 28.5 Å². The second-order valence-electron chi connectivity index (χ2n) is 5.20. The number of para-hydroxylation sites is 1. The molecule has 3 rings (SSSR count). The molecule has 0 aliphatic carbocycles. The lowest BCUT2D eigenvalue weighted by atomic mass is 10.1. The molecule has 0 atom stereocenters. The van der Waals surface area contributed by atoms with Crippen molar-refractivity contribution in [2.24, 2.45) is 0 Å². The van der Waals surface area contributed by atoms with E-state index in [0.717, 1.165) is 30.8 Å². The summed E-state index contributed by atoms with van der Waals surface area (Å²) in [4.78, 5) is 0. The molecule has 0 bridgehead atoms. The molecule has 0 N–H and O–H groups in total. The minimum Gasteiger partial charge on any atom is -0.496 e. The van der Waals surface area contributed by atoms with Crippen LogP contribution in [0.4, 0.5) is 0 Å². The van der Waals surface area contributed by atoms with E-state index in [1.165, 1.54) is 11.1 Å². The van der Waals surface area contributed by atoms with Crippen LogP contribution in [0, 0.1) is 0 Å². The summed E-state index contributed by atoms with van der Waals surface area (Å²) in [7, 11) is 1.70. The van der Waals surface area contributed by atoms with Crippen molar-refractivity contribution < 1.29 is 4.74 Å². The van der Waals surface area contributed by atoms with Crippen LogP contribution in [0.15, 0.2) is 60.8 Å². The van der Waals surface area contributed by atoms with Gasteiger partial charge < -0.3 is 4.74 Å². The van der Waals surface area contributed by atoms with Crippen LogP contribution < -0.4 is 4.74 Å². The monoisotopic (exact) mass is 293 g/mol. The molecule has 1 aromatic heterocycles. The van der Waals surface area contributed by atoms with Crippen molar-refractivity contribution in [1.82, 2.24) is 15.0 Å². The Balaban J connectivity index is 1.62. The number of ether oxygens (including phenoxy) is 1. The Bertz CT molecular complexity index is 722. The SMILES string of the molecule is COc1ccccc1CCc1cn(Cc2ccccc2)nn1. The molecule has 22 heavy (non-hydrogen) atoms. The molecule has 0 aliphatic heterocycles. The van der Waals surface area contributed by atoms with Gasteiger partial charge in [-0.05, 0) is 30.0 Å². The number of benzene rings is 2. The van der Waals surface area contributed by atoms with Crippen molar-refractivity contribution in [1.29, 1.82) is 0 Å². The van der Waals surface area contributed by atoms with Crippen molar-refractivity contribution in [3.63, 3.8) is 0 Å². The van der Waals surface area contributed by atoms with Crippen molar-refractivity contribution >= 4 is 0 Å². The minimum atomic E-state index is 0.752. The molecule has 0 radical (unpaired) electrons. The minimum absolute atomic E-state index is 0.752. The first kappa shape index (κ1) is 14.3. The maximum Gasteiger partial charge on any atom is 0.122 e. The summed E-state index contributed by atoms with van der Waals surface area (Å²) < 4.78 is 7.26. The van der Waals surface area contributed by atoms with Gasteiger partial charge in [0.15, 0.2) is 0 Å². The van der Waals surface area contributed by atoms with Crippen LogP contribution in [0.1, 0.15) is 16.8 Å². The largest absolute Gasteiger partial charge is 0.496 e. The maximum atomic E-state index is 5.38. The quantitative estimate of drug-likeness (QED) is 0.701. The first-order valence-electron chi connectivity index (χ1n) is 7.40. The van der Waals surface area contributed by atoms with Crippen LogP contribution in [0.25, 0.3) is 0 Å². The van der Waals surface area contributed by atoms with Crippen LogP contribution in [-0.4, -0.2) is 22.1 Å². The van der Waals surface area contributed by atoms with Gasteiger partial charge in [-0.2, -0.15) is 0 Å². The van der Waals surface area contributed by atoms with E-state index in [1.54, 1.807) is 7.11 Å². The summed E-state index contributed by atoms with van der Waals surface area (Å²) in [6.45, 7) is 0.752. The Morgan fingerprint density at radius 2 is 1.73 bits per heavy atom. The number of hydrogen-bond acceptors (Lipinski definition) is 3. The van der Waals surface area contributed by atoms with Gasteiger partial charge in [-0.3, -0.25) is 0 Å². The lowest BCUT2D eigenvalue weighted by Crippen LogP contribution is -1.99. The first-order valence-corrected chi connectivity index (χ1v) is 7.40. The highest BCUT2D eigenvalue weighted by Crippen LogP contribution is 2.18. The van der Waals surface area contributed by atoms with Crippen LogP contribution >= 0.6 is 0 Å². The predicted molar refractivity (Wildman–Crippen MR) is 86.0 cm³/mol. The van der Waals surface area contributed by atoms with Gasteiger partial charge in [0.2, 0.25) is 0 Å². The molecule has 3 aromatic rings. The molecule has 2 aromatic carbocycles. The lowest BCUT2D eigenvalue weighted by molar-refractivity contribution is 0.409. The number of nitrogens with zero attached hydrogens (tertiary/aromatic N) is 3. The second-order valence-corrected chi connectivity index (χ2v) is 5.20. The molecule has 0 amide bonds. The molecule has 0 saturated carbocycles. The number of hydrogen-bond donors (Lipinski definition) is 0. The maximum absolute atomic E-state index is 5.38. The zero-order valence-electron chi connectivity index (χ0n) is 12.6. The predicted octanol–water partition coefficient (Wildman–Crippen LogP) is 3.12. The fraction of sp³-hybridized carbons (Fsp3) is 0.222. The van der Waals surface area contributed by atoms with E-state index in [4.69, 9.17) is 4.74 Å². The van der Waals surface area contributed by atoms with Gasteiger partial charge in [0, 0.05) is 6.20 Å². The highest BCUT2D eigenvalue weighted by Gasteiger charge is 2.05. The van der Waals surface area contributed by atoms with Crippen LogP contribution in [0.2, 0.25) is 0 Å². The Morgan fingerprint density at radius 1 is 0.955 bits per heavy atom. The van der Waals surface area contributed by atoms with Gasteiger partial charge >= 0.3 is 0 Å². The van der Waals surface area contributed by atoms with Crippen molar-refractivity contribution in [2.45, 2.75) is 19.4 Å². The van der Waals surface area contributed by atoms with E-state index in [9.17, 15) is 0 Å². The second kappa shape index (κ2) is 6.89. The van der Waals surface area contributed by atoms with Crippen molar-refractivity contribution in [3.8, 4) is 5.75 Å². The van der Waals surface area contributed by atoms with E-state index in [0.29, 0.717) is 0 Å². The zero-order valence-corrected chi connectivity index (χ0v) is 12.6. The van der Waals surface area contributed by atoms with Gasteiger partial charge in [-0.15, -0.1) is 5.10 Å². The molecular formula is C18H19N3O. The van der Waals surface area contributed by atoms with E-state index in [1.807, 2.05) is 47.3 Å². The molecular weight excluding hydrogens is 274 g/mol. The number of aromatic nitrogens is 3. The lowest BCUT2D eigenvalue weighted by Gasteiger charge is -2.06. The average molecular weight is 293 g/mol. The molecule has 4 nitrogen and oxygen atoms in total. The number of methoxy groups -OCH3 is 1. The zero-order chi connectivity index (χ0) is 15.2. The Morgan fingerprint density at radius 3 is 2.55 bits per heavy atom. The van der Waals surface area contributed by atoms with E-state index >= 15 is 0 Å². The average Bonchev–Trinajstić information content (AvgIpc) is 3.01. The molecule has 1 heterocycles. The third-order valence-corrected chi connectivity index (χ3v) is 3.62. The molecule has 0 fully saturated rings. The summed E-state index contributed by atoms with van der Waals surface area (Å²) in [5.74, 6) is 0.930. The topological polar surface area (TPSA) is 39.9 Å². The Kier molecular flexibility index (Phi) is 4.49. The normalized spacial score (nSPS) is 10.6. The van der Waals surface area contributed by atoms with Gasteiger partial charge in [-0.1, -0.05) is 53.7 Å². The van der Waals surface area contributed by atoms with Crippen molar-refractivity contribution in [3.05, 3.63) is 77.6 Å². The van der Waals surface area contributed by atoms with E-state index in [-0.39, 0.29) is 0 Å². The molecule has 112 valence electrons. The number of aryl methyl sites for hydroxylation is 2. The molecule has 4 heteroatoms. The van der Waals surface area contributed by atoms with Gasteiger partial charge in [0.05, 0.1) is 19.3 Å². The summed E-state index contributed by atoms with van der Waals surface area (Å²) in [6.07, 6.45) is 3.77. The van der Waals surface area contributed by atoms with Gasteiger partial charge in [0.1, 0.15) is 5.75 Å². The standard InChI is InChI=1S/C18H19N3O/c1-22-18-10-6-5-9-16(18)11-12-17-14-21(20-19-17)13-15-7-3-2-4-8-15/h2-10,14H,11-13H2,1H3. The Hall–Kier alpha value is -2.62.